The Morgan fingerprint density at radius 1 is 1.04 bits per heavy atom. The third-order valence-corrected chi connectivity index (χ3v) is 4.94. The lowest BCUT2D eigenvalue weighted by Gasteiger charge is -2.13. The van der Waals surface area contributed by atoms with Crippen molar-refractivity contribution in [1.29, 1.82) is 0 Å². The van der Waals surface area contributed by atoms with E-state index in [1.165, 1.54) is 0 Å². The van der Waals surface area contributed by atoms with E-state index in [9.17, 15) is 4.79 Å². The number of aryl methyl sites for hydroxylation is 3. The molecule has 28 heavy (non-hydrogen) atoms. The standard InChI is InChI=1S/C23H22N4O/c1-4-27-22-19(14-24-27)18(13-20(25-22)17-11-6-5-7-12-17)23(28)26-21-15(2)9-8-10-16(21)3/h5-14H,4H2,1-3H3,(H,26,28). The predicted octanol–water partition coefficient (Wildman–Crippen LogP) is 4.99. The van der Waals surface area contributed by atoms with Gasteiger partial charge in [-0.05, 0) is 38.0 Å². The third-order valence-electron chi connectivity index (χ3n) is 4.94. The third kappa shape index (κ3) is 3.16. The average Bonchev–Trinajstić information content (AvgIpc) is 3.13. The molecule has 4 rings (SSSR count). The zero-order valence-electron chi connectivity index (χ0n) is 16.2. The number of aromatic nitrogens is 3. The second-order valence-electron chi connectivity index (χ2n) is 6.84. The smallest absolute Gasteiger partial charge is 0.256 e. The molecule has 140 valence electrons. The molecule has 0 spiro atoms. The molecule has 0 fully saturated rings. The Labute approximate surface area is 164 Å². The number of amides is 1. The molecule has 0 aliphatic heterocycles. The van der Waals surface area contributed by atoms with Gasteiger partial charge in [0.25, 0.3) is 5.91 Å². The molecule has 5 nitrogen and oxygen atoms in total. The van der Waals surface area contributed by atoms with Gasteiger partial charge in [-0.3, -0.25) is 4.79 Å². The van der Waals surface area contributed by atoms with Crippen LogP contribution in [0.4, 0.5) is 5.69 Å². The summed E-state index contributed by atoms with van der Waals surface area (Å²) in [5, 5.41) is 8.25. The number of hydrogen-bond donors (Lipinski definition) is 1. The van der Waals surface area contributed by atoms with Crippen molar-refractivity contribution >= 4 is 22.6 Å². The molecule has 0 radical (unpaired) electrons. The highest BCUT2D eigenvalue weighted by Gasteiger charge is 2.18. The first kappa shape index (κ1) is 17.9. The number of rotatable bonds is 4. The zero-order chi connectivity index (χ0) is 19.7. The highest BCUT2D eigenvalue weighted by Crippen LogP contribution is 2.27. The molecule has 5 heteroatoms. The normalized spacial score (nSPS) is 11.0. The van der Waals surface area contributed by atoms with Crippen molar-refractivity contribution in [3.8, 4) is 11.3 Å². The maximum atomic E-state index is 13.2. The van der Waals surface area contributed by atoms with Crippen LogP contribution in [0.15, 0.2) is 60.8 Å². The first-order valence-electron chi connectivity index (χ1n) is 9.38. The number of fused-ring (bicyclic) bond motifs is 1. The summed E-state index contributed by atoms with van der Waals surface area (Å²) in [7, 11) is 0. The van der Waals surface area contributed by atoms with Crippen LogP contribution in [0.2, 0.25) is 0 Å². The van der Waals surface area contributed by atoms with Crippen molar-refractivity contribution in [2.75, 3.05) is 5.32 Å². The second kappa shape index (κ2) is 7.27. The number of carbonyl (C=O) groups excluding carboxylic acids is 1. The van der Waals surface area contributed by atoms with E-state index in [0.29, 0.717) is 12.1 Å². The van der Waals surface area contributed by atoms with Gasteiger partial charge in [-0.1, -0.05) is 48.5 Å². The van der Waals surface area contributed by atoms with Gasteiger partial charge >= 0.3 is 0 Å². The lowest BCUT2D eigenvalue weighted by molar-refractivity contribution is 0.102. The van der Waals surface area contributed by atoms with Crippen LogP contribution >= 0.6 is 0 Å². The Hall–Kier alpha value is -3.47. The molecule has 1 N–H and O–H groups in total. The van der Waals surface area contributed by atoms with Crippen LogP contribution in [-0.4, -0.2) is 20.7 Å². The minimum Gasteiger partial charge on any atom is -0.321 e. The highest BCUT2D eigenvalue weighted by atomic mass is 16.1. The first-order valence-corrected chi connectivity index (χ1v) is 9.38. The molecule has 2 aromatic heterocycles. The van der Waals surface area contributed by atoms with Gasteiger partial charge in [-0.15, -0.1) is 0 Å². The molecule has 0 aliphatic rings. The predicted molar refractivity (Wildman–Crippen MR) is 113 cm³/mol. The molecule has 4 aromatic rings. The number of pyridine rings is 1. The molecule has 0 saturated heterocycles. The summed E-state index contributed by atoms with van der Waals surface area (Å²) in [5.41, 5.74) is 5.94. The Kier molecular flexibility index (Phi) is 4.65. The molecule has 2 heterocycles. The number of nitrogens with one attached hydrogen (secondary N) is 1. The fraction of sp³-hybridized carbons (Fsp3) is 0.174. The number of benzene rings is 2. The van der Waals surface area contributed by atoms with Crippen LogP contribution in [0.5, 0.6) is 0 Å². The van der Waals surface area contributed by atoms with E-state index in [1.807, 2.05) is 80.1 Å². The minimum absolute atomic E-state index is 0.155. The fourth-order valence-electron chi connectivity index (χ4n) is 3.42. The largest absolute Gasteiger partial charge is 0.321 e. The van der Waals surface area contributed by atoms with E-state index in [0.717, 1.165) is 39.1 Å². The number of carbonyl (C=O) groups is 1. The van der Waals surface area contributed by atoms with E-state index in [4.69, 9.17) is 4.98 Å². The summed E-state index contributed by atoms with van der Waals surface area (Å²) in [6.07, 6.45) is 1.72. The van der Waals surface area contributed by atoms with Gasteiger partial charge in [-0.2, -0.15) is 5.10 Å². The van der Waals surface area contributed by atoms with Gasteiger partial charge < -0.3 is 5.32 Å². The first-order chi connectivity index (χ1) is 13.6. The van der Waals surface area contributed by atoms with Crippen LogP contribution in [0.25, 0.3) is 22.3 Å². The van der Waals surface area contributed by atoms with Crippen LogP contribution in [-0.2, 0) is 6.54 Å². The Morgan fingerprint density at radius 3 is 2.43 bits per heavy atom. The lowest BCUT2D eigenvalue weighted by atomic mass is 10.1. The summed E-state index contributed by atoms with van der Waals surface area (Å²) in [6.45, 7) is 6.69. The quantitative estimate of drug-likeness (QED) is 0.551. The summed E-state index contributed by atoms with van der Waals surface area (Å²) < 4.78 is 1.82. The van der Waals surface area contributed by atoms with Gasteiger partial charge in [0.05, 0.1) is 22.8 Å². The molecular weight excluding hydrogens is 348 g/mol. The minimum atomic E-state index is -0.155. The summed E-state index contributed by atoms with van der Waals surface area (Å²) in [6, 6.07) is 17.7. The fourth-order valence-corrected chi connectivity index (χ4v) is 3.42. The van der Waals surface area contributed by atoms with Gasteiger partial charge in [0.15, 0.2) is 5.65 Å². The Morgan fingerprint density at radius 2 is 1.75 bits per heavy atom. The van der Waals surface area contributed by atoms with E-state index in [2.05, 4.69) is 10.4 Å². The summed E-state index contributed by atoms with van der Waals surface area (Å²) in [4.78, 5) is 18.0. The van der Waals surface area contributed by atoms with Gasteiger partial charge in [0.1, 0.15) is 0 Å². The van der Waals surface area contributed by atoms with Crippen molar-refractivity contribution in [3.63, 3.8) is 0 Å². The lowest BCUT2D eigenvalue weighted by Crippen LogP contribution is -2.15. The molecule has 0 bridgehead atoms. The Bertz CT molecular complexity index is 1140. The number of anilines is 1. The highest BCUT2D eigenvalue weighted by molar-refractivity contribution is 6.13. The number of hydrogen-bond acceptors (Lipinski definition) is 3. The topological polar surface area (TPSA) is 59.8 Å². The van der Waals surface area contributed by atoms with E-state index in [1.54, 1.807) is 6.20 Å². The molecule has 2 aromatic carbocycles. The summed E-state index contributed by atoms with van der Waals surface area (Å²) >= 11 is 0. The van der Waals surface area contributed by atoms with Crippen LogP contribution in [0.3, 0.4) is 0 Å². The van der Waals surface area contributed by atoms with E-state index < -0.39 is 0 Å². The SMILES string of the molecule is CCn1ncc2c(C(=O)Nc3c(C)cccc3C)cc(-c3ccccc3)nc21. The Balaban J connectivity index is 1.85. The van der Waals surface area contributed by atoms with Crippen molar-refractivity contribution in [3.05, 3.63) is 77.5 Å². The maximum Gasteiger partial charge on any atom is 0.256 e. The van der Waals surface area contributed by atoms with Gasteiger partial charge in [0, 0.05) is 17.8 Å². The van der Waals surface area contributed by atoms with Gasteiger partial charge in [-0.25, -0.2) is 9.67 Å². The molecule has 1 amide bonds. The van der Waals surface area contributed by atoms with Crippen LogP contribution in [0, 0.1) is 13.8 Å². The average molecular weight is 370 g/mol. The molecule has 0 aliphatic carbocycles. The van der Waals surface area contributed by atoms with Gasteiger partial charge in [0.2, 0.25) is 0 Å². The zero-order valence-corrected chi connectivity index (χ0v) is 16.2. The molecule has 0 unspecified atom stereocenters. The number of nitrogens with zero attached hydrogens (tertiary/aromatic N) is 3. The molecular formula is C23H22N4O. The number of para-hydroxylation sites is 1. The maximum absolute atomic E-state index is 13.2. The molecule has 0 saturated carbocycles. The van der Waals surface area contributed by atoms with Crippen molar-refractivity contribution < 1.29 is 4.79 Å². The summed E-state index contributed by atoms with van der Waals surface area (Å²) in [5.74, 6) is -0.155. The van der Waals surface area contributed by atoms with Crippen LogP contribution < -0.4 is 5.32 Å². The monoisotopic (exact) mass is 370 g/mol. The van der Waals surface area contributed by atoms with Crippen molar-refractivity contribution in [2.24, 2.45) is 0 Å². The van der Waals surface area contributed by atoms with Crippen molar-refractivity contribution in [1.82, 2.24) is 14.8 Å². The van der Waals surface area contributed by atoms with Crippen LogP contribution in [0.1, 0.15) is 28.4 Å². The molecule has 0 atom stereocenters. The van der Waals surface area contributed by atoms with E-state index in [-0.39, 0.29) is 5.91 Å². The van der Waals surface area contributed by atoms with Crippen molar-refractivity contribution in [2.45, 2.75) is 27.3 Å². The second-order valence-corrected chi connectivity index (χ2v) is 6.84. The van der Waals surface area contributed by atoms with E-state index >= 15 is 0 Å².